The van der Waals surface area contributed by atoms with Gasteiger partial charge in [-0.1, -0.05) is 12.1 Å². The fourth-order valence-electron chi connectivity index (χ4n) is 5.56. The predicted molar refractivity (Wildman–Crippen MR) is 127 cm³/mol. The van der Waals surface area contributed by atoms with Crippen molar-refractivity contribution in [3.63, 3.8) is 0 Å². The van der Waals surface area contributed by atoms with Gasteiger partial charge in [-0.2, -0.15) is 10.2 Å². The number of ether oxygens (including phenoxy) is 2. The highest BCUT2D eigenvalue weighted by Gasteiger charge is 2.41. The SMILES string of the molecule is c1cc(-c2c(-c3ccncc3)nn3c(C4CCC5(CC4)OCCO5)ccnc23)c2cn[nH]c2c1. The second-order valence-electron chi connectivity index (χ2n) is 9.08. The first kappa shape index (κ1) is 19.8. The van der Waals surface area contributed by atoms with Gasteiger partial charge in [-0.3, -0.25) is 10.1 Å². The lowest BCUT2D eigenvalue weighted by atomic mass is 9.83. The molecule has 8 heteroatoms. The van der Waals surface area contributed by atoms with Gasteiger partial charge < -0.3 is 9.47 Å². The van der Waals surface area contributed by atoms with Gasteiger partial charge >= 0.3 is 0 Å². The molecule has 7 rings (SSSR count). The maximum absolute atomic E-state index is 5.95. The molecule has 34 heavy (non-hydrogen) atoms. The van der Waals surface area contributed by atoms with Crippen molar-refractivity contribution in [2.45, 2.75) is 37.4 Å². The predicted octanol–water partition coefficient (Wildman–Crippen LogP) is 4.74. The van der Waals surface area contributed by atoms with Gasteiger partial charge in [0, 0.05) is 54.0 Å². The van der Waals surface area contributed by atoms with Gasteiger partial charge in [0.15, 0.2) is 11.4 Å². The molecular weight excluding hydrogens is 428 g/mol. The maximum Gasteiger partial charge on any atom is 0.168 e. The normalized spacial score (nSPS) is 18.4. The Balaban J connectivity index is 1.41. The third kappa shape index (κ3) is 3.06. The lowest BCUT2D eigenvalue weighted by molar-refractivity contribution is -0.179. The van der Waals surface area contributed by atoms with Gasteiger partial charge in [-0.15, -0.1) is 0 Å². The lowest BCUT2D eigenvalue weighted by Gasteiger charge is -2.35. The number of fused-ring (bicyclic) bond motifs is 2. The highest BCUT2D eigenvalue weighted by atomic mass is 16.7. The van der Waals surface area contributed by atoms with E-state index in [-0.39, 0.29) is 5.79 Å². The molecule has 1 spiro atoms. The summed E-state index contributed by atoms with van der Waals surface area (Å²) in [6, 6.07) is 12.3. The minimum Gasteiger partial charge on any atom is -0.348 e. The average Bonchev–Trinajstić information content (AvgIpc) is 3.63. The molecule has 1 aliphatic carbocycles. The first-order chi connectivity index (χ1) is 16.8. The quantitative estimate of drug-likeness (QED) is 0.425. The number of nitrogens with one attached hydrogen (secondary N) is 1. The third-order valence-corrected chi connectivity index (χ3v) is 7.23. The summed E-state index contributed by atoms with van der Waals surface area (Å²) < 4.78 is 14.0. The number of nitrogens with zero attached hydrogens (tertiary/aromatic N) is 5. The molecule has 1 saturated carbocycles. The van der Waals surface area contributed by atoms with E-state index in [1.165, 1.54) is 5.69 Å². The van der Waals surface area contributed by atoms with E-state index in [9.17, 15) is 0 Å². The molecule has 0 unspecified atom stereocenters. The van der Waals surface area contributed by atoms with Crippen LogP contribution in [0.25, 0.3) is 38.9 Å². The van der Waals surface area contributed by atoms with E-state index < -0.39 is 0 Å². The van der Waals surface area contributed by atoms with Crippen LogP contribution in [0.5, 0.6) is 0 Å². The third-order valence-electron chi connectivity index (χ3n) is 7.23. The number of aromatic amines is 1. The van der Waals surface area contributed by atoms with Crippen LogP contribution in [-0.4, -0.2) is 48.8 Å². The van der Waals surface area contributed by atoms with Crippen molar-refractivity contribution in [1.82, 2.24) is 29.8 Å². The van der Waals surface area contributed by atoms with E-state index in [2.05, 4.69) is 27.3 Å². The van der Waals surface area contributed by atoms with Gasteiger partial charge in [0.2, 0.25) is 0 Å². The second kappa shape index (κ2) is 7.72. The number of H-pyrrole nitrogens is 1. The molecule has 4 aromatic heterocycles. The van der Waals surface area contributed by atoms with Gasteiger partial charge in [0.1, 0.15) is 5.69 Å². The molecule has 1 saturated heterocycles. The number of aromatic nitrogens is 6. The van der Waals surface area contributed by atoms with Crippen molar-refractivity contribution in [3.05, 3.63) is 66.9 Å². The fourth-order valence-corrected chi connectivity index (χ4v) is 5.56. The standard InChI is InChI=1S/C26H24N6O2/c1-2-19(20-16-29-30-21(20)3-1)23-24(18-6-11-27-12-7-18)31-32-22(8-13-28-25(23)32)17-4-9-26(10-5-17)33-14-15-34-26/h1-3,6-8,11-13,16-17H,4-5,9-10,14-15H2,(H,29,30). The summed E-state index contributed by atoms with van der Waals surface area (Å²) in [5, 5.41) is 13.6. The molecule has 2 aliphatic rings. The van der Waals surface area contributed by atoms with E-state index in [0.717, 1.165) is 64.6 Å². The summed E-state index contributed by atoms with van der Waals surface area (Å²) in [6.07, 6.45) is 11.2. The largest absolute Gasteiger partial charge is 0.348 e. The molecule has 5 heterocycles. The fraction of sp³-hybridized carbons (Fsp3) is 0.308. The summed E-state index contributed by atoms with van der Waals surface area (Å²) >= 11 is 0. The lowest BCUT2D eigenvalue weighted by Crippen LogP contribution is -2.35. The summed E-state index contributed by atoms with van der Waals surface area (Å²) in [6.45, 7) is 1.39. The van der Waals surface area contributed by atoms with Crippen molar-refractivity contribution in [1.29, 1.82) is 0 Å². The van der Waals surface area contributed by atoms with Crippen molar-refractivity contribution in [3.8, 4) is 22.4 Å². The Labute approximate surface area is 196 Å². The Bertz CT molecular complexity index is 1480. The number of hydrogen-bond donors (Lipinski definition) is 1. The van der Waals surface area contributed by atoms with Crippen LogP contribution < -0.4 is 0 Å². The Hall–Kier alpha value is -3.62. The van der Waals surface area contributed by atoms with Crippen LogP contribution in [0.2, 0.25) is 0 Å². The van der Waals surface area contributed by atoms with Crippen LogP contribution in [0.4, 0.5) is 0 Å². The Morgan fingerprint density at radius 3 is 2.62 bits per heavy atom. The minimum atomic E-state index is -0.378. The van der Waals surface area contributed by atoms with Gasteiger partial charge in [-0.25, -0.2) is 9.50 Å². The summed E-state index contributed by atoms with van der Waals surface area (Å²) in [7, 11) is 0. The van der Waals surface area contributed by atoms with Crippen LogP contribution in [0, 0.1) is 0 Å². The molecule has 1 aliphatic heterocycles. The smallest absolute Gasteiger partial charge is 0.168 e. The molecule has 2 fully saturated rings. The van der Waals surface area contributed by atoms with E-state index in [4.69, 9.17) is 19.6 Å². The Kier molecular flexibility index (Phi) is 4.50. The molecular formula is C26H24N6O2. The van der Waals surface area contributed by atoms with Gasteiger partial charge in [0.05, 0.1) is 30.5 Å². The van der Waals surface area contributed by atoms with E-state index in [1.54, 1.807) is 12.4 Å². The van der Waals surface area contributed by atoms with Crippen molar-refractivity contribution >= 4 is 16.6 Å². The van der Waals surface area contributed by atoms with Crippen LogP contribution in [0.1, 0.15) is 37.3 Å². The van der Waals surface area contributed by atoms with E-state index in [0.29, 0.717) is 19.1 Å². The topological polar surface area (TPSA) is 90.2 Å². The van der Waals surface area contributed by atoms with Crippen LogP contribution in [0.15, 0.2) is 61.2 Å². The first-order valence-electron chi connectivity index (χ1n) is 11.8. The van der Waals surface area contributed by atoms with Crippen LogP contribution >= 0.6 is 0 Å². The van der Waals surface area contributed by atoms with Crippen LogP contribution in [0.3, 0.4) is 0 Å². The van der Waals surface area contributed by atoms with Crippen molar-refractivity contribution < 1.29 is 9.47 Å². The molecule has 0 bridgehead atoms. The zero-order valence-corrected chi connectivity index (χ0v) is 18.6. The molecule has 170 valence electrons. The summed E-state index contributed by atoms with van der Waals surface area (Å²) in [4.78, 5) is 9.03. The molecule has 0 atom stereocenters. The highest BCUT2D eigenvalue weighted by molar-refractivity contribution is 6.02. The molecule has 1 aromatic carbocycles. The van der Waals surface area contributed by atoms with E-state index in [1.807, 2.05) is 41.2 Å². The zero-order chi connectivity index (χ0) is 22.5. The number of benzene rings is 1. The average molecular weight is 453 g/mol. The monoisotopic (exact) mass is 452 g/mol. The van der Waals surface area contributed by atoms with Crippen molar-refractivity contribution in [2.24, 2.45) is 0 Å². The molecule has 1 N–H and O–H groups in total. The molecule has 0 amide bonds. The molecule has 0 radical (unpaired) electrons. The number of rotatable bonds is 3. The Morgan fingerprint density at radius 2 is 1.79 bits per heavy atom. The Morgan fingerprint density at radius 1 is 0.971 bits per heavy atom. The number of hydrogen-bond acceptors (Lipinski definition) is 6. The second-order valence-corrected chi connectivity index (χ2v) is 9.08. The summed E-state index contributed by atoms with van der Waals surface area (Å²) in [5.41, 5.74) is 7.00. The zero-order valence-electron chi connectivity index (χ0n) is 18.6. The van der Waals surface area contributed by atoms with Gasteiger partial charge in [-0.05, 0) is 42.7 Å². The van der Waals surface area contributed by atoms with Crippen LogP contribution in [-0.2, 0) is 9.47 Å². The van der Waals surface area contributed by atoms with Gasteiger partial charge in [0.25, 0.3) is 0 Å². The minimum absolute atomic E-state index is 0.367. The summed E-state index contributed by atoms with van der Waals surface area (Å²) in [5.74, 6) is -0.0106. The first-order valence-corrected chi connectivity index (χ1v) is 11.8. The van der Waals surface area contributed by atoms with Crippen molar-refractivity contribution in [2.75, 3.05) is 13.2 Å². The highest BCUT2D eigenvalue weighted by Crippen LogP contribution is 2.44. The molecule has 5 aromatic rings. The number of pyridine rings is 1. The molecule has 8 nitrogen and oxygen atoms in total. The van der Waals surface area contributed by atoms with E-state index >= 15 is 0 Å². The maximum atomic E-state index is 5.95.